The molecule has 3 aliphatic rings. The van der Waals surface area contributed by atoms with Gasteiger partial charge in [0.05, 0.1) is 17.7 Å². The van der Waals surface area contributed by atoms with E-state index in [0.29, 0.717) is 47.6 Å². The molecule has 2 saturated heterocycles. The highest BCUT2D eigenvalue weighted by Gasteiger charge is 2.40. The van der Waals surface area contributed by atoms with Crippen molar-refractivity contribution in [3.8, 4) is 5.75 Å². The van der Waals surface area contributed by atoms with Gasteiger partial charge in [0.2, 0.25) is 11.8 Å². The Kier molecular flexibility index (Phi) is 6.77. The molecule has 8 nitrogen and oxygen atoms in total. The third-order valence-electron chi connectivity index (χ3n) is 7.24. The Labute approximate surface area is 222 Å². The van der Waals surface area contributed by atoms with E-state index in [1.54, 1.807) is 30.3 Å². The summed E-state index contributed by atoms with van der Waals surface area (Å²) in [6, 6.07) is 9.79. The van der Waals surface area contributed by atoms with Gasteiger partial charge in [0, 0.05) is 48.3 Å². The number of rotatable bonds is 6. The number of benzene rings is 2. The number of morpholine rings is 1. The molecule has 2 fully saturated rings. The van der Waals surface area contributed by atoms with Crippen LogP contribution in [0, 0.1) is 5.82 Å². The highest BCUT2D eigenvalue weighted by atomic mass is 19.1. The molecule has 0 aromatic heterocycles. The summed E-state index contributed by atoms with van der Waals surface area (Å²) in [4.78, 5) is 40.6. The Hall–Kier alpha value is -3.30. The smallest absolute Gasteiger partial charge is 0.255 e. The number of amides is 3. The molecule has 3 heterocycles. The second kappa shape index (κ2) is 9.78. The summed E-state index contributed by atoms with van der Waals surface area (Å²) in [5, 5.41) is 2.31. The summed E-state index contributed by atoms with van der Waals surface area (Å²) in [5.74, 6) is -0.888. The van der Waals surface area contributed by atoms with Crippen molar-refractivity contribution in [2.75, 3.05) is 13.1 Å². The molecule has 5 rings (SSSR count). The fourth-order valence-electron chi connectivity index (χ4n) is 6.01. The molecule has 202 valence electrons. The molecule has 9 heteroatoms. The lowest BCUT2D eigenvalue weighted by Gasteiger charge is -2.47. The van der Waals surface area contributed by atoms with E-state index >= 15 is 4.39 Å². The first-order valence-corrected chi connectivity index (χ1v) is 13.0. The van der Waals surface area contributed by atoms with E-state index in [4.69, 9.17) is 9.47 Å². The van der Waals surface area contributed by atoms with Crippen molar-refractivity contribution in [1.82, 2.24) is 15.1 Å². The van der Waals surface area contributed by atoms with E-state index in [1.807, 2.05) is 33.8 Å². The summed E-state index contributed by atoms with van der Waals surface area (Å²) in [7, 11) is 0. The molecule has 3 aliphatic heterocycles. The molecule has 2 aromatic rings. The molecule has 0 radical (unpaired) electrons. The maximum atomic E-state index is 15.6. The van der Waals surface area contributed by atoms with Crippen LogP contribution in [-0.4, -0.2) is 57.9 Å². The van der Waals surface area contributed by atoms with Crippen molar-refractivity contribution in [3.05, 3.63) is 64.5 Å². The van der Waals surface area contributed by atoms with Gasteiger partial charge in [-0.05, 0) is 46.2 Å². The number of hydrogen-bond donors (Lipinski definition) is 1. The van der Waals surface area contributed by atoms with Crippen LogP contribution < -0.4 is 10.1 Å². The standard InChI is InChI=1S/C29H34FN3O5/c1-28(2)16-32(17-29(3,4)38-28)13-18-7-5-8-19(25(18)30)15-37-23-10-6-9-20-21(23)14-33(27(20)36)22-11-12-24(34)31-26(22)35/h5-10,22H,11-17H2,1-4H3,(H,31,34,35)/t22-/m1/s1. The predicted molar refractivity (Wildman–Crippen MR) is 138 cm³/mol. The van der Waals surface area contributed by atoms with Gasteiger partial charge in [-0.25, -0.2) is 4.39 Å². The summed E-state index contributed by atoms with van der Waals surface area (Å²) in [6.45, 7) is 10.3. The van der Waals surface area contributed by atoms with Crippen LogP contribution in [0.4, 0.5) is 4.39 Å². The van der Waals surface area contributed by atoms with Crippen molar-refractivity contribution in [2.24, 2.45) is 0 Å². The third kappa shape index (κ3) is 5.31. The average molecular weight is 524 g/mol. The second-order valence-electron chi connectivity index (χ2n) is 11.6. The summed E-state index contributed by atoms with van der Waals surface area (Å²) < 4.78 is 27.8. The van der Waals surface area contributed by atoms with Crippen LogP contribution >= 0.6 is 0 Å². The van der Waals surface area contributed by atoms with Gasteiger partial charge >= 0.3 is 0 Å². The van der Waals surface area contributed by atoms with Crippen molar-refractivity contribution in [2.45, 2.75) is 77.5 Å². The largest absolute Gasteiger partial charge is 0.488 e. The van der Waals surface area contributed by atoms with Crippen LogP contribution in [0.15, 0.2) is 36.4 Å². The average Bonchev–Trinajstić information content (AvgIpc) is 3.14. The number of piperidine rings is 1. The molecule has 0 spiro atoms. The quantitative estimate of drug-likeness (QED) is 0.583. The lowest BCUT2D eigenvalue weighted by Crippen LogP contribution is -2.56. The zero-order chi connectivity index (χ0) is 27.2. The molecular weight excluding hydrogens is 489 g/mol. The van der Waals surface area contributed by atoms with Crippen LogP contribution in [0.2, 0.25) is 0 Å². The van der Waals surface area contributed by atoms with Gasteiger partial charge in [-0.3, -0.25) is 24.6 Å². The summed E-state index contributed by atoms with van der Waals surface area (Å²) in [5.41, 5.74) is 1.49. The first-order chi connectivity index (χ1) is 17.9. The van der Waals surface area contributed by atoms with Crippen molar-refractivity contribution >= 4 is 17.7 Å². The lowest BCUT2D eigenvalue weighted by atomic mass is 9.98. The fraction of sp³-hybridized carbons (Fsp3) is 0.483. The Morgan fingerprint density at radius 1 is 1.03 bits per heavy atom. The summed E-state index contributed by atoms with van der Waals surface area (Å²) >= 11 is 0. The van der Waals surface area contributed by atoms with Gasteiger partial charge in [-0.15, -0.1) is 0 Å². The topological polar surface area (TPSA) is 88.2 Å². The number of hydrogen-bond acceptors (Lipinski definition) is 6. The Morgan fingerprint density at radius 3 is 2.42 bits per heavy atom. The van der Waals surface area contributed by atoms with E-state index in [0.717, 1.165) is 0 Å². The first kappa shape index (κ1) is 26.3. The van der Waals surface area contributed by atoms with Gasteiger partial charge < -0.3 is 14.4 Å². The minimum Gasteiger partial charge on any atom is -0.488 e. The van der Waals surface area contributed by atoms with Crippen LogP contribution in [-0.2, 0) is 34.0 Å². The lowest BCUT2D eigenvalue weighted by molar-refractivity contribution is -0.182. The van der Waals surface area contributed by atoms with Crippen LogP contribution in [0.25, 0.3) is 0 Å². The second-order valence-corrected chi connectivity index (χ2v) is 11.6. The highest BCUT2D eigenvalue weighted by Crippen LogP contribution is 2.34. The molecule has 1 N–H and O–H groups in total. The number of fused-ring (bicyclic) bond motifs is 1. The SMILES string of the molecule is CC1(C)CN(Cc2cccc(COc3cccc4c3CN([C@@H]3CCC(=O)NC3=O)C4=O)c2F)CC(C)(C)O1. The Morgan fingerprint density at radius 2 is 1.71 bits per heavy atom. The van der Waals surface area contributed by atoms with Gasteiger partial charge in [0.1, 0.15) is 24.2 Å². The van der Waals surface area contributed by atoms with Crippen LogP contribution in [0.5, 0.6) is 5.75 Å². The highest BCUT2D eigenvalue weighted by molar-refractivity contribution is 6.05. The molecular formula is C29H34FN3O5. The van der Waals surface area contributed by atoms with Crippen molar-refractivity contribution in [1.29, 1.82) is 0 Å². The normalized spacial score (nSPS) is 22.8. The van der Waals surface area contributed by atoms with Crippen molar-refractivity contribution < 1.29 is 28.2 Å². The van der Waals surface area contributed by atoms with E-state index in [9.17, 15) is 14.4 Å². The van der Waals surface area contributed by atoms with Crippen LogP contribution in [0.3, 0.4) is 0 Å². The molecule has 0 saturated carbocycles. The maximum absolute atomic E-state index is 15.6. The maximum Gasteiger partial charge on any atom is 0.255 e. The first-order valence-electron chi connectivity index (χ1n) is 13.0. The molecule has 0 bridgehead atoms. The van der Waals surface area contributed by atoms with Gasteiger partial charge in [-0.1, -0.05) is 24.3 Å². The minimum absolute atomic E-state index is 0.00281. The molecule has 38 heavy (non-hydrogen) atoms. The monoisotopic (exact) mass is 523 g/mol. The van der Waals surface area contributed by atoms with E-state index in [-0.39, 0.29) is 54.8 Å². The fourth-order valence-corrected chi connectivity index (χ4v) is 6.01. The Balaban J connectivity index is 1.29. The molecule has 2 aromatic carbocycles. The van der Waals surface area contributed by atoms with Crippen molar-refractivity contribution in [3.63, 3.8) is 0 Å². The number of carbonyl (C=O) groups is 3. The zero-order valence-electron chi connectivity index (χ0n) is 22.3. The third-order valence-corrected chi connectivity index (χ3v) is 7.24. The number of carbonyl (C=O) groups excluding carboxylic acids is 3. The number of nitrogens with zero attached hydrogens (tertiary/aromatic N) is 2. The molecule has 1 atom stereocenters. The number of halogens is 1. The van der Waals surface area contributed by atoms with Gasteiger partial charge in [-0.2, -0.15) is 0 Å². The van der Waals surface area contributed by atoms with Gasteiger partial charge in [0.25, 0.3) is 5.91 Å². The number of imide groups is 1. The Bertz CT molecular complexity index is 1270. The predicted octanol–water partition coefficient (Wildman–Crippen LogP) is 3.56. The number of nitrogens with one attached hydrogen (secondary N) is 1. The van der Waals surface area contributed by atoms with Crippen LogP contribution in [0.1, 0.15) is 67.6 Å². The van der Waals surface area contributed by atoms with Gasteiger partial charge in [0.15, 0.2) is 0 Å². The zero-order valence-corrected chi connectivity index (χ0v) is 22.3. The summed E-state index contributed by atoms with van der Waals surface area (Å²) in [6.07, 6.45) is 0.477. The number of ether oxygens (including phenoxy) is 2. The molecule has 3 amide bonds. The molecule has 0 aliphatic carbocycles. The molecule has 0 unspecified atom stereocenters. The van der Waals surface area contributed by atoms with E-state index in [2.05, 4.69) is 10.2 Å². The minimum atomic E-state index is -0.704. The van der Waals surface area contributed by atoms with E-state index in [1.165, 1.54) is 4.90 Å². The van der Waals surface area contributed by atoms with E-state index < -0.39 is 11.9 Å².